The maximum Gasteiger partial charge on any atom is 0.159 e. The molecule has 0 aliphatic rings. The number of rotatable bonds is 7. The van der Waals surface area contributed by atoms with E-state index in [0.29, 0.717) is 11.3 Å². The van der Waals surface area contributed by atoms with Crippen LogP contribution in [0.1, 0.15) is 46.4 Å². The van der Waals surface area contributed by atoms with E-state index in [1.807, 2.05) is 19.1 Å². The molecule has 0 spiro atoms. The molecule has 1 aromatic carbocycles. The lowest BCUT2D eigenvalue weighted by Crippen LogP contribution is -2.14. The van der Waals surface area contributed by atoms with Crippen LogP contribution >= 0.6 is 11.3 Å². The molecule has 0 aliphatic carbocycles. The molecule has 25 heavy (non-hydrogen) atoms. The Morgan fingerprint density at radius 3 is 2.64 bits per heavy atom. The van der Waals surface area contributed by atoms with Gasteiger partial charge in [0, 0.05) is 23.1 Å². The zero-order valence-corrected chi connectivity index (χ0v) is 15.3. The zero-order valence-electron chi connectivity index (χ0n) is 14.5. The fraction of sp³-hybridized carbons (Fsp3) is 0.350. The maximum absolute atomic E-state index is 11.2. The molecule has 0 amide bonds. The van der Waals surface area contributed by atoms with Crippen LogP contribution < -0.4 is 10.5 Å². The Bertz CT molecular complexity index is 755. The topological polar surface area (TPSA) is 72.5 Å². The third kappa shape index (κ3) is 6.02. The smallest absolute Gasteiger partial charge is 0.159 e. The first-order valence-electron chi connectivity index (χ1n) is 8.18. The van der Waals surface area contributed by atoms with E-state index in [0.717, 1.165) is 16.2 Å². The first-order chi connectivity index (χ1) is 12.0. The summed E-state index contributed by atoms with van der Waals surface area (Å²) in [7, 11) is 0. The van der Waals surface area contributed by atoms with Crippen molar-refractivity contribution in [2.45, 2.75) is 26.3 Å². The lowest BCUT2D eigenvalue weighted by molar-refractivity contribution is 0.101. The van der Waals surface area contributed by atoms with Crippen LogP contribution in [0.5, 0.6) is 5.75 Å². The van der Waals surface area contributed by atoms with Crippen LogP contribution in [0.25, 0.3) is 0 Å². The highest BCUT2D eigenvalue weighted by molar-refractivity contribution is 7.12. The van der Waals surface area contributed by atoms with Crippen molar-refractivity contribution in [1.82, 2.24) is 0 Å². The predicted octanol–water partition coefficient (Wildman–Crippen LogP) is 3.40. The SMILES string of the molecule is CC(=O)c1ccc(OCC#Cc2ccc(C(N)C[C@@H](C)CO)s2)cc1. The summed E-state index contributed by atoms with van der Waals surface area (Å²) in [5.41, 5.74) is 6.81. The third-order valence-corrected chi connectivity index (χ3v) is 4.88. The summed E-state index contributed by atoms with van der Waals surface area (Å²) in [4.78, 5) is 13.2. The fourth-order valence-electron chi connectivity index (χ4n) is 2.27. The molecule has 2 rings (SSSR count). The van der Waals surface area contributed by atoms with E-state index in [1.165, 1.54) is 6.92 Å². The minimum absolute atomic E-state index is 0.0337. The lowest BCUT2D eigenvalue weighted by Gasteiger charge is -2.13. The van der Waals surface area contributed by atoms with Gasteiger partial charge in [-0.3, -0.25) is 4.79 Å². The van der Waals surface area contributed by atoms with E-state index in [-0.39, 0.29) is 31.0 Å². The highest BCUT2D eigenvalue weighted by Crippen LogP contribution is 2.25. The van der Waals surface area contributed by atoms with Crippen molar-refractivity contribution >= 4 is 17.1 Å². The van der Waals surface area contributed by atoms with Crippen LogP contribution in [-0.4, -0.2) is 24.1 Å². The lowest BCUT2D eigenvalue weighted by atomic mass is 10.0. The van der Waals surface area contributed by atoms with Crippen molar-refractivity contribution in [2.75, 3.05) is 13.2 Å². The monoisotopic (exact) mass is 357 g/mol. The molecule has 2 aromatic rings. The van der Waals surface area contributed by atoms with Crippen LogP contribution in [0.4, 0.5) is 0 Å². The van der Waals surface area contributed by atoms with Gasteiger partial charge in [0.15, 0.2) is 5.78 Å². The van der Waals surface area contributed by atoms with Crippen molar-refractivity contribution in [3.8, 4) is 17.6 Å². The molecule has 0 aliphatic heterocycles. The van der Waals surface area contributed by atoms with E-state index < -0.39 is 0 Å². The van der Waals surface area contributed by atoms with Crippen molar-refractivity contribution < 1.29 is 14.6 Å². The highest BCUT2D eigenvalue weighted by Gasteiger charge is 2.12. The number of aliphatic hydroxyl groups is 1. The summed E-state index contributed by atoms with van der Waals surface area (Å²) in [6.07, 6.45) is 0.753. The Balaban J connectivity index is 1.86. The summed E-state index contributed by atoms with van der Waals surface area (Å²) in [6.45, 7) is 3.94. The molecule has 5 heteroatoms. The molecule has 0 bridgehead atoms. The summed E-state index contributed by atoms with van der Waals surface area (Å²) in [5, 5.41) is 9.11. The minimum Gasteiger partial charge on any atom is -0.481 e. The van der Waals surface area contributed by atoms with Crippen molar-refractivity contribution in [2.24, 2.45) is 11.7 Å². The molecule has 1 unspecified atom stereocenters. The van der Waals surface area contributed by atoms with E-state index in [2.05, 4.69) is 11.8 Å². The molecule has 1 aromatic heterocycles. The van der Waals surface area contributed by atoms with Gasteiger partial charge in [0.2, 0.25) is 0 Å². The average Bonchev–Trinajstić information content (AvgIpc) is 3.08. The van der Waals surface area contributed by atoms with Crippen LogP contribution in [0.15, 0.2) is 36.4 Å². The van der Waals surface area contributed by atoms with Crippen molar-refractivity contribution in [3.63, 3.8) is 0 Å². The number of carbonyl (C=O) groups excluding carboxylic acids is 1. The maximum atomic E-state index is 11.2. The van der Waals surface area contributed by atoms with Gasteiger partial charge in [-0.05, 0) is 55.7 Å². The van der Waals surface area contributed by atoms with E-state index in [9.17, 15) is 4.79 Å². The van der Waals surface area contributed by atoms with E-state index in [4.69, 9.17) is 15.6 Å². The molecule has 2 atom stereocenters. The Labute approximate surface area is 152 Å². The number of ether oxygens (including phenoxy) is 1. The zero-order chi connectivity index (χ0) is 18.2. The van der Waals surface area contributed by atoms with Crippen LogP contribution in [-0.2, 0) is 0 Å². The van der Waals surface area contributed by atoms with Gasteiger partial charge in [0.05, 0.1) is 4.88 Å². The molecule has 0 fully saturated rings. The Morgan fingerprint density at radius 2 is 2.00 bits per heavy atom. The largest absolute Gasteiger partial charge is 0.481 e. The quantitative estimate of drug-likeness (QED) is 0.588. The Hall–Kier alpha value is -2.13. The van der Waals surface area contributed by atoms with Crippen LogP contribution in [0.2, 0.25) is 0 Å². The molecule has 132 valence electrons. The van der Waals surface area contributed by atoms with Gasteiger partial charge in [-0.25, -0.2) is 0 Å². The highest BCUT2D eigenvalue weighted by atomic mass is 32.1. The Morgan fingerprint density at radius 1 is 1.28 bits per heavy atom. The first-order valence-corrected chi connectivity index (χ1v) is 9.00. The second-order valence-electron chi connectivity index (χ2n) is 6.00. The van der Waals surface area contributed by atoms with E-state index >= 15 is 0 Å². The van der Waals surface area contributed by atoms with Crippen LogP contribution in [0.3, 0.4) is 0 Å². The first kappa shape index (κ1) is 19.2. The summed E-state index contributed by atoms with van der Waals surface area (Å²) in [6, 6.07) is 10.9. The second-order valence-corrected chi connectivity index (χ2v) is 7.12. The van der Waals surface area contributed by atoms with Gasteiger partial charge in [-0.1, -0.05) is 18.8 Å². The van der Waals surface area contributed by atoms with Gasteiger partial charge in [-0.15, -0.1) is 11.3 Å². The van der Waals surface area contributed by atoms with Gasteiger partial charge >= 0.3 is 0 Å². The number of hydrogen-bond donors (Lipinski definition) is 2. The number of thiophene rings is 1. The second kappa shape index (κ2) is 9.38. The molecule has 0 saturated carbocycles. The number of Topliss-reactive ketones (excluding diaryl/α,β-unsaturated/α-hetero) is 1. The number of hydrogen-bond acceptors (Lipinski definition) is 5. The summed E-state index contributed by atoms with van der Waals surface area (Å²) < 4.78 is 5.55. The van der Waals surface area contributed by atoms with E-state index in [1.54, 1.807) is 35.6 Å². The number of carbonyl (C=O) groups is 1. The van der Waals surface area contributed by atoms with Crippen LogP contribution in [0, 0.1) is 17.8 Å². The standard InChI is InChI=1S/C20H23NO3S/c1-14(13-22)12-19(21)20-10-9-18(25-20)4-3-11-24-17-7-5-16(6-8-17)15(2)23/h5-10,14,19,22H,11-13,21H2,1-2H3/t14-,19?/m1/s1. The van der Waals surface area contributed by atoms with Crippen molar-refractivity contribution in [3.05, 3.63) is 51.7 Å². The molecule has 4 nitrogen and oxygen atoms in total. The molecular formula is C20H23NO3S. The fourth-order valence-corrected chi connectivity index (χ4v) is 3.17. The number of benzene rings is 1. The number of aliphatic hydroxyl groups excluding tert-OH is 1. The average molecular weight is 357 g/mol. The van der Waals surface area contributed by atoms with Gasteiger partial charge < -0.3 is 15.6 Å². The third-order valence-electron chi connectivity index (χ3n) is 3.74. The van der Waals surface area contributed by atoms with Gasteiger partial charge in [0.25, 0.3) is 0 Å². The number of ketones is 1. The molecule has 3 N–H and O–H groups in total. The summed E-state index contributed by atoms with van der Waals surface area (Å²) >= 11 is 1.57. The summed E-state index contributed by atoms with van der Waals surface area (Å²) in [5.74, 6) is 6.96. The molecular weight excluding hydrogens is 334 g/mol. The predicted molar refractivity (Wildman–Crippen MR) is 101 cm³/mol. The molecule has 0 saturated heterocycles. The Kier molecular flexibility index (Phi) is 7.20. The van der Waals surface area contributed by atoms with Gasteiger partial charge in [-0.2, -0.15) is 0 Å². The number of nitrogens with two attached hydrogens (primary N) is 1. The van der Waals surface area contributed by atoms with Gasteiger partial charge in [0.1, 0.15) is 12.4 Å². The molecule has 0 radical (unpaired) electrons. The van der Waals surface area contributed by atoms with Crippen molar-refractivity contribution in [1.29, 1.82) is 0 Å². The minimum atomic E-state index is -0.0706. The normalized spacial score (nSPS) is 12.8. The molecule has 1 heterocycles.